The Kier molecular flexibility index (Phi) is 2.85. The summed E-state index contributed by atoms with van der Waals surface area (Å²) in [6.45, 7) is 6.92. The first-order valence-corrected chi connectivity index (χ1v) is 5.94. The molecule has 2 rings (SSSR count). The Hall–Kier alpha value is -1.52. The van der Waals surface area contributed by atoms with Crippen LogP contribution in [0.15, 0.2) is 6.20 Å². The summed E-state index contributed by atoms with van der Waals surface area (Å²) < 4.78 is 0. The lowest BCUT2D eigenvalue weighted by molar-refractivity contribution is 0.138. The first kappa shape index (κ1) is 12.0. The van der Waals surface area contributed by atoms with Crippen molar-refractivity contribution >= 4 is 6.09 Å². The molecule has 1 aliphatic heterocycles. The van der Waals surface area contributed by atoms with E-state index >= 15 is 0 Å². The minimum atomic E-state index is -0.860. The molecule has 2 N–H and O–H groups in total. The molecule has 0 bridgehead atoms. The van der Waals surface area contributed by atoms with Gasteiger partial charge in [0, 0.05) is 23.9 Å². The molecule has 0 radical (unpaired) electrons. The van der Waals surface area contributed by atoms with Gasteiger partial charge in [-0.15, -0.1) is 0 Å². The Morgan fingerprint density at radius 1 is 1.59 bits per heavy atom. The molecule has 1 fully saturated rings. The van der Waals surface area contributed by atoms with Crippen LogP contribution in [0, 0.1) is 0 Å². The molecule has 1 aliphatic rings. The Labute approximate surface area is 101 Å². The molecule has 5 heteroatoms. The van der Waals surface area contributed by atoms with Crippen LogP contribution in [-0.4, -0.2) is 32.6 Å². The van der Waals surface area contributed by atoms with Crippen molar-refractivity contribution in [3.63, 3.8) is 0 Å². The van der Waals surface area contributed by atoms with Gasteiger partial charge in [0.25, 0.3) is 0 Å². The average Bonchev–Trinajstić information content (AvgIpc) is 2.85. The number of amides is 1. The maximum Gasteiger partial charge on any atom is 0.407 e. The lowest BCUT2D eigenvalue weighted by atomic mass is 9.93. The van der Waals surface area contributed by atoms with Crippen molar-refractivity contribution in [3.05, 3.63) is 17.7 Å². The van der Waals surface area contributed by atoms with Gasteiger partial charge in [-0.1, -0.05) is 20.8 Å². The summed E-state index contributed by atoms with van der Waals surface area (Å²) in [6, 6.07) is -0.108. The van der Waals surface area contributed by atoms with Crippen molar-refractivity contribution < 1.29 is 9.90 Å². The second-order valence-corrected chi connectivity index (χ2v) is 5.57. The highest BCUT2D eigenvalue weighted by Crippen LogP contribution is 2.31. The largest absolute Gasteiger partial charge is 0.465 e. The van der Waals surface area contributed by atoms with E-state index < -0.39 is 6.09 Å². The van der Waals surface area contributed by atoms with Crippen molar-refractivity contribution in [1.29, 1.82) is 0 Å². The Balaban J connectivity index is 2.23. The minimum absolute atomic E-state index is 0.0118. The number of carboxylic acid groups (broad SMARTS) is 1. The molecular weight excluding hydrogens is 218 g/mol. The normalized spacial score (nSPS) is 20.9. The number of rotatable bonds is 1. The molecule has 94 valence electrons. The van der Waals surface area contributed by atoms with E-state index in [2.05, 4.69) is 30.7 Å². The predicted octanol–water partition coefficient (Wildman–Crippen LogP) is 2.52. The van der Waals surface area contributed by atoms with Crippen LogP contribution >= 0.6 is 0 Å². The molecule has 1 unspecified atom stereocenters. The summed E-state index contributed by atoms with van der Waals surface area (Å²) in [5, 5.41) is 9.10. The third-order valence-corrected chi connectivity index (χ3v) is 3.22. The number of carbonyl (C=O) groups is 1. The monoisotopic (exact) mass is 237 g/mol. The van der Waals surface area contributed by atoms with E-state index in [-0.39, 0.29) is 11.5 Å². The summed E-state index contributed by atoms with van der Waals surface area (Å²) in [4.78, 5) is 20.1. The van der Waals surface area contributed by atoms with Gasteiger partial charge in [0.05, 0.1) is 6.04 Å². The van der Waals surface area contributed by atoms with Crippen molar-refractivity contribution in [2.45, 2.75) is 45.1 Å². The molecule has 0 aliphatic carbocycles. The van der Waals surface area contributed by atoms with Gasteiger partial charge in [0.1, 0.15) is 5.82 Å². The molecule has 5 nitrogen and oxygen atoms in total. The molecule has 1 amide bonds. The fraction of sp³-hybridized carbons (Fsp3) is 0.667. The van der Waals surface area contributed by atoms with E-state index in [0.29, 0.717) is 6.54 Å². The van der Waals surface area contributed by atoms with Crippen molar-refractivity contribution in [1.82, 2.24) is 14.9 Å². The van der Waals surface area contributed by atoms with E-state index in [1.54, 1.807) is 0 Å². The molecule has 17 heavy (non-hydrogen) atoms. The number of hydrogen-bond donors (Lipinski definition) is 2. The molecule has 1 aromatic heterocycles. The number of likely N-dealkylation sites (tertiary alicyclic amines) is 1. The summed E-state index contributed by atoms with van der Waals surface area (Å²) in [7, 11) is 0. The lowest BCUT2D eigenvalue weighted by Gasteiger charge is -2.20. The third kappa shape index (κ3) is 2.28. The van der Waals surface area contributed by atoms with E-state index in [1.165, 1.54) is 4.90 Å². The fourth-order valence-corrected chi connectivity index (χ4v) is 2.17. The number of H-pyrrole nitrogens is 1. The molecule has 1 saturated heterocycles. The molecule has 0 saturated carbocycles. The maximum absolute atomic E-state index is 11.1. The van der Waals surface area contributed by atoms with Crippen LogP contribution in [0.2, 0.25) is 0 Å². The average molecular weight is 237 g/mol. The zero-order valence-electron chi connectivity index (χ0n) is 10.5. The number of aromatic amines is 1. The standard InChI is InChI=1S/C12H19N3O2/c1-12(2,3)9-7-13-10(14-9)8-5-4-6-15(8)11(16)17/h7-8H,4-6H2,1-3H3,(H,13,14)(H,16,17). The lowest BCUT2D eigenvalue weighted by Crippen LogP contribution is -2.29. The predicted molar refractivity (Wildman–Crippen MR) is 64.0 cm³/mol. The SMILES string of the molecule is CC(C)(C)c1cnc(C2CCCN2C(=O)O)[nH]1. The molecule has 0 spiro atoms. The van der Waals surface area contributed by atoms with E-state index in [9.17, 15) is 4.79 Å². The number of imidazole rings is 1. The first-order chi connectivity index (χ1) is 7.89. The highest BCUT2D eigenvalue weighted by atomic mass is 16.4. The van der Waals surface area contributed by atoms with Crippen molar-refractivity contribution in [3.8, 4) is 0 Å². The van der Waals surface area contributed by atoms with Crippen molar-refractivity contribution in [2.75, 3.05) is 6.54 Å². The molecule has 1 atom stereocenters. The smallest absolute Gasteiger partial charge is 0.407 e. The van der Waals surface area contributed by atoms with Gasteiger partial charge < -0.3 is 10.1 Å². The van der Waals surface area contributed by atoms with Crippen LogP contribution in [0.1, 0.15) is 51.2 Å². The third-order valence-electron chi connectivity index (χ3n) is 3.22. The van der Waals surface area contributed by atoms with Crippen molar-refractivity contribution in [2.24, 2.45) is 0 Å². The van der Waals surface area contributed by atoms with Crippen LogP contribution in [0.25, 0.3) is 0 Å². The van der Waals surface area contributed by atoms with Crippen LogP contribution < -0.4 is 0 Å². The van der Waals surface area contributed by atoms with E-state index in [4.69, 9.17) is 5.11 Å². The minimum Gasteiger partial charge on any atom is -0.465 e. The molecule has 1 aromatic rings. The van der Waals surface area contributed by atoms with Gasteiger partial charge in [-0.25, -0.2) is 9.78 Å². The zero-order valence-corrected chi connectivity index (χ0v) is 10.5. The molecule has 2 heterocycles. The van der Waals surface area contributed by atoms with Gasteiger partial charge in [0.2, 0.25) is 0 Å². The van der Waals surface area contributed by atoms with E-state index in [1.807, 2.05) is 6.20 Å². The Morgan fingerprint density at radius 2 is 2.29 bits per heavy atom. The maximum atomic E-state index is 11.1. The number of nitrogens with one attached hydrogen (secondary N) is 1. The summed E-state index contributed by atoms with van der Waals surface area (Å²) in [6.07, 6.45) is 2.71. The van der Waals surface area contributed by atoms with Crippen LogP contribution in [0.3, 0.4) is 0 Å². The zero-order chi connectivity index (χ0) is 12.6. The number of aromatic nitrogens is 2. The highest BCUT2D eigenvalue weighted by Gasteiger charge is 2.32. The second kappa shape index (κ2) is 4.05. The quantitative estimate of drug-likeness (QED) is 0.788. The number of nitrogens with zero attached hydrogens (tertiary/aromatic N) is 2. The fourth-order valence-electron chi connectivity index (χ4n) is 2.17. The Morgan fingerprint density at radius 3 is 2.82 bits per heavy atom. The summed E-state index contributed by atoms with van der Waals surface area (Å²) in [5.74, 6) is 0.773. The van der Waals surface area contributed by atoms with E-state index in [0.717, 1.165) is 24.4 Å². The highest BCUT2D eigenvalue weighted by molar-refractivity contribution is 5.66. The number of hydrogen-bond acceptors (Lipinski definition) is 2. The topological polar surface area (TPSA) is 69.2 Å². The van der Waals surface area contributed by atoms with Crippen LogP contribution in [0.4, 0.5) is 4.79 Å². The van der Waals surface area contributed by atoms with Gasteiger partial charge in [-0.05, 0) is 12.8 Å². The van der Waals surface area contributed by atoms with Gasteiger partial charge >= 0.3 is 6.09 Å². The second-order valence-electron chi connectivity index (χ2n) is 5.57. The Bertz CT molecular complexity index is 420. The van der Waals surface area contributed by atoms with Gasteiger partial charge in [0.15, 0.2) is 0 Å². The summed E-state index contributed by atoms with van der Waals surface area (Å²) in [5.41, 5.74) is 1.06. The van der Waals surface area contributed by atoms with Crippen LogP contribution in [-0.2, 0) is 5.41 Å². The molecular formula is C12H19N3O2. The van der Waals surface area contributed by atoms with Crippen LogP contribution in [0.5, 0.6) is 0 Å². The first-order valence-electron chi connectivity index (χ1n) is 5.94. The van der Waals surface area contributed by atoms with Gasteiger partial charge in [-0.2, -0.15) is 0 Å². The molecule has 0 aromatic carbocycles. The van der Waals surface area contributed by atoms with Gasteiger partial charge in [-0.3, -0.25) is 4.90 Å². The summed E-state index contributed by atoms with van der Waals surface area (Å²) >= 11 is 0.